The minimum atomic E-state index is -3.29. The molecule has 0 spiro atoms. The molecule has 0 aliphatic heterocycles. The standard InChI is InChI=1S/C8H7Cl2O2S/c1-2-13(11,12)6-3-4-7(9)8(10)5-6/h3-5H,1-2H2. The Bertz CT molecular complexity index is 412. The van der Waals surface area contributed by atoms with Crippen LogP contribution in [0.25, 0.3) is 0 Å². The zero-order valence-corrected chi connectivity index (χ0v) is 8.96. The van der Waals surface area contributed by atoms with Crippen LogP contribution in [-0.4, -0.2) is 14.2 Å². The van der Waals surface area contributed by atoms with Crippen LogP contribution in [0, 0.1) is 6.92 Å². The van der Waals surface area contributed by atoms with Gasteiger partial charge in [0.15, 0.2) is 9.84 Å². The molecule has 13 heavy (non-hydrogen) atoms. The number of hydrogen-bond acceptors (Lipinski definition) is 2. The first-order chi connectivity index (χ1) is 5.97. The third-order valence-corrected chi connectivity index (χ3v) is 3.77. The molecule has 0 saturated heterocycles. The van der Waals surface area contributed by atoms with Crippen LogP contribution in [0.15, 0.2) is 23.1 Å². The minimum absolute atomic E-state index is 0.150. The molecule has 2 nitrogen and oxygen atoms in total. The summed E-state index contributed by atoms with van der Waals surface area (Å²) in [5.74, 6) is -0.190. The predicted molar refractivity (Wildman–Crippen MR) is 53.9 cm³/mol. The van der Waals surface area contributed by atoms with Crippen LogP contribution in [0.5, 0.6) is 0 Å². The molecule has 0 N–H and O–H groups in total. The van der Waals surface area contributed by atoms with Gasteiger partial charge in [-0.2, -0.15) is 0 Å². The van der Waals surface area contributed by atoms with Crippen LogP contribution in [0.2, 0.25) is 10.0 Å². The van der Waals surface area contributed by atoms with E-state index < -0.39 is 9.84 Å². The number of sulfone groups is 1. The quantitative estimate of drug-likeness (QED) is 0.793. The lowest BCUT2D eigenvalue weighted by atomic mass is 10.4. The van der Waals surface area contributed by atoms with Crippen LogP contribution >= 0.6 is 23.2 Å². The summed E-state index contributed by atoms with van der Waals surface area (Å²) < 4.78 is 22.6. The van der Waals surface area contributed by atoms with E-state index in [-0.39, 0.29) is 15.7 Å². The number of rotatable bonds is 2. The normalized spacial score (nSPS) is 11.6. The van der Waals surface area contributed by atoms with E-state index in [1.807, 2.05) is 0 Å². The number of halogens is 2. The monoisotopic (exact) mass is 237 g/mol. The van der Waals surface area contributed by atoms with E-state index >= 15 is 0 Å². The molecule has 0 aromatic heterocycles. The van der Waals surface area contributed by atoms with Crippen molar-refractivity contribution in [1.82, 2.24) is 0 Å². The Balaban J connectivity index is 3.27. The lowest BCUT2D eigenvalue weighted by Gasteiger charge is -2.02. The molecule has 1 radical (unpaired) electrons. The van der Waals surface area contributed by atoms with Gasteiger partial charge in [0.05, 0.1) is 20.7 Å². The second-order valence-corrected chi connectivity index (χ2v) is 5.32. The fourth-order valence-corrected chi connectivity index (χ4v) is 1.96. The van der Waals surface area contributed by atoms with E-state index in [0.29, 0.717) is 5.02 Å². The van der Waals surface area contributed by atoms with Crippen molar-refractivity contribution in [2.45, 2.75) is 4.90 Å². The van der Waals surface area contributed by atoms with E-state index in [9.17, 15) is 8.42 Å². The zero-order valence-electron chi connectivity index (χ0n) is 6.63. The summed E-state index contributed by atoms with van der Waals surface area (Å²) in [6.45, 7) is 3.32. The topological polar surface area (TPSA) is 34.1 Å². The molecule has 71 valence electrons. The maximum Gasteiger partial charge on any atom is 0.178 e. The molecule has 1 aromatic carbocycles. The molecule has 0 unspecified atom stereocenters. The summed E-state index contributed by atoms with van der Waals surface area (Å²) in [6.07, 6.45) is 0. The average molecular weight is 238 g/mol. The summed E-state index contributed by atoms with van der Waals surface area (Å²) in [5.41, 5.74) is 0. The third kappa shape index (κ3) is 2.36. The van der Waals surface area contributed by atoms with Crippen molar-refractivity contribution in [1.29, 1.82) is 0 Å². The molecule has 0 aliphatic rings. The molecule has 0 amide bonds. The smallest absolute Gasteiger partial charge is 0.178 e. The number of hydrogen-bond donors (Lipinski definition) is 0. The van der Waals surface area contributed by atoms with Gasteiger partial charge < -0.3 is 0 Å². The van der Waals surface area contributed by atoms with Crippen LogP contribution in [0.3, 0.4) is 0 Å². The molecule has 1 rings (SSSR count). The van der Waals surface area contributed by atoms with E-state index in [1.54, 1.807) is 0 Å². The minimum Gasteiger partial charge on any atom is -0.224 e. The SMILES string of the molecule is [CH2]CS(=O)(=O)c1ccc(Cl)c(Cl)c1. The van der Waals surface area contributed by atoms with Crippen molar-refractivity contribution >= 4 is 33.0 Å². The molecule has 0 bridgehead atoms. The van der Waals surface area contributed by atoms with Gasteiger partial charge in [-0.05, 0) is 25.1 Å². The van der Waals surface area contributed by atoms with Gasteiger partial charge in [-0.3, -0.25) is 0 Å². The fourth-order valence-electron chi connectivity index (χ4n) is 0.788. The Morgan fingerprint density at radius 3 is 2.31 bits per heavy atom. The molecule has 0 fully saturated rings. The van der Waals surface area contributed by atoms with Crippen molar-refractivity contribution in [3.8, 4) is 0 Å². The van der Waals surface area contributed by atoms with Gasteiger partial charge in [-0.25, -0.2) is 8.42 Å². The molecule has 0 heterocycles. The zero-order chi connectivity index (χ0) is 10.1. The highest BCUT2D eigenvalue weighted by Gasteiger charge is 2.12. The molecule has 1 aromatic rings. The maximum absolute atomic E-state index is 11.3. The van der Waals surface area contributed by atoms with Crippen LogP contribution in [0.1, 0.15) is 0 Å². The van der Waals surface area contributed by atoms with Crippen LogP contribution in [0.4, 0.5) is 0 Å². The Morgan fingerprint density at radius 2 is 1.85 bits per heavy atom. The van der Waals surface area contributed by atoms with Gasteiger partial charge in [-0.15, -0.1) is 0 Å². The van der Waals surface area contributed by atoms with Crippen molar-refractivity contribution in [2.24, 2.45) is 0 Å². The molecule has 0 saturated carbocycles. The molecular weight excluding hydrogens is 231 g/mol. The summed E-state index contributed by atoms with van der Waals surface area (Å²) >= 11 is 11.3. The molecule has 0 atom stereocenters. The average Bonchev–Trinajstić information content (AvgIpc) is 2.09. The number of benzene rings is 1. The first-order valence-electron chi connectivity index (χ1n) is 3.44. The third-order valence-electron chi connectivity index (χ3n) is 1.52. The largest absolute Gasteiger partial charge is 0.224 e. The summed E-state index contributed by atoms with van der Waals surface area (Å²) in [7, 11) is -3.29. The highest BCUT2D eigenvalue weighted by atomic mass is 35.5. The first kappa shape index (κ1) is 10.8. The van der Waals surface area contributed by atoms with E-state index in [0.717, 1.165) is 0 Å². The lowest BCUT2D eigenvalue weighted by Crippen LogP contribution is -2.03. The van der Waals surface area contributed by atoms with Gasteiger partial charge >= 0.3 is 0 Å². The Kier molecular flexibility index (Phi) is 3.22. The Labute approximate surface area is 87.4 Å². The predicted octanol–water partition coefficient (Wildman–Crippen LogP) is 2.60. The van der Waals surface area contributed by atoms with Crippen LogP contribution in [-0.2, 0) is 9.84 Å². The Hall–Kier alpha value is -0.250. The summed E-state index contributed by atoms with van der Waals surface area (Å²) in [5, 5.41) is 0.570. The highest BCUT2D eigenvalue weighted by molar-refractivity contribution is 7.91. The van der Waals surface area contributed by atoms with Gasteiger partial charge in [0.25, 0.3) is 0 Å². The second-order valence-electron chi connectivity index (χ2n) is 2.39. The van der Waals surface area contributed by atoms with Crippen molar-refractivity contribution in [2.75, 3.05) is 5.75 Å². The van der Waals surface area contributed by atoms with Gasteiger partial charge in [-0.1, -0.05) is 23.2 Å². The maximum atomic E-state index is 11.3. The summed E-state index contributed by atoms with van der Waals surface area (Å²) in [4.78, 5) is 0.150. The van der Waals surface area contributed by atoms with Crippen molar-refractivity contribution in [3.05, 3.63) is 35.2 Å². The van der Waals surface area contributed by atoms with E-state index in [4.69, 9.17) is 23.2 Å². The van der Waals surface area contributed by atoms with Crippen molar-refractivity contribution < 1.29 is 8.42 Å². The lowest BCUT2D eigenvalue weighted by molar-refractivity contribution is 0.599. The second kappa shape index (κ2) is 3.86. The molecule has 0 aliphatic carbocycles. The summed E-state index contributed by atoms with van der Waals surface area (Å²) in [6, 6.07) is 4.19. The van der Waals surface area contributed by atoms with Gasteiger partial charge in [0.2, 0.25) is 0 Å². The first-order valence-corrected chi connectivity index (χ1v) is 5.85. The van der Waals surface area contributed by atoms with E-state index in [2.05, 4.69) is 6.92 Å². The van der Waals surface area contributed by atoms with Crippen molar-refractivity contribution in [3.63, 3.8) is 0 Å². The van der Waals surface area contributed by atoms with Gasteiger partial charge in [0.1, 0.15) is 0 Å². The van der Waals surface area contributed by atoms with E-state index in [1.165, 1.54) is 18.2 Å². The molecule has 5 heteroatoms. The van der Waals surface area contributed by atoms with Gasteiger partial charge in [0, 0.05) is 0 Å². The van der Waals surface area contributed by atoms with Crippen LogP contribution < -0.4 is 0 Å². The molecular formula is C8H7Cl2O2S. The fraction of sp³-hybridized carbons (Fsp3) is 0.125. The highest BCUT2D eigenvalue weighted by Crippen LogP contribution is 2.25. The Morgan fingerprint density at radius 1 is 1.23 bits per heavy atom.